The molecule has 0 radical (unpaired) electrons. The van der Waals surface area contributed by atoms with E-state index in [-0.39, 0.29) is 65.7 Å². The van der Waals surface area contributed by atoms with Gasteiger partial charge in [0.1, 0.15) is 0 Å². The Balaban J connectivity index is -0.000000233. The quantitative estimate of drug-likeness (QED) is 0.0402. The summed E-state index contributed by atoms with van der Waals surface area (Å²) in [6.07, 6.45) is 39.9. The SMILES string of the molecule is CCCCCCCCCCCCOCCCCCCCCCCCC.CCCCCCCCCCCCOS(=O)(=O)[O-].O=S(=O)([O-])O.[Na+].[Na+]. The van der Waals surface area contributed by atoms with Crippen molar-refractivity contribution in [3.63, 3.8) is 0 Å². The summed E-state index contributed by atoms with van der Waals surface area (Å²) in [5.41, 5.74) is 0. The van der Waals surface area contributed by atoms with Crippen LogP contribution in [0.1, 0.15) is 213 Å². The first-order valence-corrected chi connectivity index (χ1v) is 22.0. The summed E-state index contributed by atoms with van der Waals surface area (Å²) in [6.45, 7) is 8.81. The van der Waals surface area contributed by atoms with Crippen molar-refractivity contribution >= 4 is 20.8 Å². The second kappa shape index (κ2) is 49.7. The summed E-state index contributed by atoms with van der Waals surface area (Å²) >= 11 is 0. The molecule has 0 saturated carbocycles. The van der Waals surface area contributed by atoms with Gasteiger partial charge in [0.25, 0.3) is 0 Å². The molecule has 0 fully saturated rings. The van der Waals surface area contributed by atoms with Gasteiger partial charge in [-0.3, -0.25) is 8.74 Å². The van der Waals surface area contributed by atoms with E-state index < -0.39 is 20.8 Å². The van der Waals surface area contributed by atoms with Crippen LogP contribution >= 0.6 is 0 Å². The minimum absolute atomic E-state index is 0. The first kappa shape index (κ1) is 60.0. The van der Waals surface area contributed by atoms with Crippen molar-refractivity contribution < 1.29 is 98.5 Å². The van der Waals surface area contributed by atoms with Crippen molar-refractivity contribution in [2.75, 3.05) is 19.8 Å². The Hall–Kier alpha value is 1.70. The molecule has 0 spiro atoms. The first-order valence-electron chi connectivity index (χ1n) is 19.3. The average molecular weight is 763 g/mol. The van der Waals surface area contributed by atoms with Crippen molar-refractivity contribution in [2.24, 2.45) is 0 Å². The van der Waals surface area contributed by atoms with E-state index in [1.165, 1.54) is 173 Å². The van der Waals surface area contributed by atoms with Crippen LogP contribution in [0.2, 0.25) is 0 Å². The van der Waals surface area contributed by atoms with Crippen LogP contribution in [0.4, 0.5) is 0 Å². The van der Waals surface area contributed by atoms with Gasteiger partial charge in [-0.1, -0.05) is 194 Å². The largest absolute Gasteiger partial charge is 1.00 e. The van der Waals surface area contributed by atoms with Crippen molar-refractivity contribution in [3.8, 4) is 0 Å². The van der Waals surface area contributed by atoms with Gasteiger partial charge in [0.15, 0.2) is 0 Å². The molecule has 0 unspecified atom stereocenters. The zero-order chi connectivity index (χ0) is 35.7. The number of unbranched alkanes of at least 4 members (excludes halogenated alkanes) is 27. The zero-order valence-electron chi connectivity index (χ0n) is 32.9. The van der Waals surface area contributed by atoms with Gasteiger partial charge in [-0.15, -0.1) is 0 Å². The maximum Gasteiger partial charge on any atom is 1.00 e. The number of rotatable bonds is 34. The van der Waals surface area contributed by atoms with Gasteiger partial charge >= 0.3 is 59.1 Å². The Kier molecular flexibility index (Phi) is 60.8. The van der Waals surface area contributed by atoms with Crippen molar-refractivity contribution in [3.05, 3.63) is 0 Å². The van der Waals surface area contributed by atoms with Crippen LogP contribution in [-0.2, 0) is 29.7 Å². The molecule has 49 heavy (non-hydrogen) atoms. The Labute approximate surface area is 349 Å². The second-order valence-corrected chi connectivity index (χ2v) is 14.7. The Morgan fingerprint density at radius 3 is 0.776 bits per heavy atom. The fourth-order valence-electron chi connectivity index (χ4n) is 5.24. The van der Waals surface area contributed by atoms with Crippen molar-refractivity contribution in [1.29, 1.82) is 0 Å². The van der Waals surface area contributed by atoms with Crippen molar-refractivity contribution in [2.45, 2.75) is 213 Å². The third-order valence-electron chi connectivity index (χ3n) is 8.01. The van der Waals surface area contributed by atoms with Crippen molar-refractivity contribution in [1.82, 2.24) is 0 Å². The average Bonchev–Trinajstić information content (AvgIpc) is 2.99. The smallest absolute Gasteiger partial charge is 0.726 e. The molecule has 1 N–H and O–H groups in total. The van der Waals surface area contributed by atoms with E-state index >= 15 is 0 Å². The second-order valence-electron chi connectivity index (χ2n) is 12.8. The van der Waals surface area contributed by atoms with Gasteiger partial charge in [-0.2, -0.15) is 0 Å². The van der Waals surface area contributed by atoms with Gasteiger partial charge in [0, 0.05) is 13.2 Å². The van der Waals surface area contributed by atoms with E-state index in [1.54, 1.807) is 0 Å². The molecule has 0 heterocycles. The first-order chi connectivity index (χ1) is 22.5. The molecule has 0 aliphatic heterocycles. The predicted molar refractivity (Wildman–Crippen MR) is 194 cm³/mol. The van der Waals surface area contributed by atoms with Gasteiger partial charge in [0.05, 0.1) is 6.61 Å². The molecule has 0 rings (SSSR count). The monoisotopic (exact) mass is 762 g/mol. The van der Waals surface area contributed by atoms with E-state index in [1.807, 2.05) is 0 Å². The number of hydrogen-bond acceptors (Lipinski definition) is 8. The predicted octanol–water partition coefficient (Wildman–Crippen LogP) is 5.24. The van der Waals surface area contributed by atoms with Gasteiger partial charge in [-0.05, 0) is 19.3 Å². The summed E-state index contributed by atoms with van der Waals surface area (Å²) in [4.78, 5) is 0. The topological polar surface area (TPSA) is 153 Å². The summed E-state index contributed by atoms with van der Waals surface area (Å²) in [6, 6.07) is 0. The Morgan fingerprint density at radius 1 is 0.388 bits per heavy atom. The minimum atomic E-state index is -4.92. The summed E-state index contributed by atoms with van der Waals surface area (Å²) < 4.78 is 73.1. The molecule has 0 saturated heterocycles. The molecular formula is C36H76Na2O9S2. The van der Waals surface area contributed by atoms with Crippen LogP contribution < -0.4 is 59.1 Å². The van der Waals surface area contributed by atoms with Crippen LogP contribution in [0, 0.1) is 0 Å². The van der Waals surface area contributed by atoms with Crippen LogP contribution in [0.5, 0.6) is 0 Å². The molecule has 0 atom stereocenters. The summed E-state index contributed by atoms with van der Waals surface area (Å²) in [7, 11) is -9.40. The molecule has 0 aliphatic carbocycles. The summed E-state index contributed by atoms with van der Waals surface area (Å²) in [5, 5.41) is 0. The number of ether oxygens (including phenoxy) is 1. The molecule has 9 nitrogen and oxygen atoms in total. The van der Waals surface area contributed by atoms with E-state index in [9.17, 15) is 13.0 Å². The molecule has 0 aromatic heterocycles. The summed E-state index contributed by atoms with van der Waals surface area (Å²) in [5.74, 6) is 0. The maximum absolute atomic E-state index is 10.1. The Morgan fingerprint density at radius 2 is 0.571 bits per heavy atom. The molecule has 0 aliphatic rings. The normalized spacial score (nSPS) is 11.1. The van der Waals surface area contributed by atoms with E-state index in [0.717, 1.165) is 26.1 Å². The molecule has 13 heteroatoms. The van der Waals surface area contributed by atoms with Crippen LogP contribution in [0.3, 0.4) is 0 Å². The van der Waals surface area contributed by atoms with E-state index in [2.05, 4.69) is 25.0 Å². The fraction of sp³-hybridized carbons (Fsp3) is 1.00. The third kappa shape index (κ3) is 79.6. The van der Waals surface area contributed by atoms with E-state index in [0.29, 0.717) is 6.42 Å². The maximum atomic E-state index is 10.1. The van der Waals surface area contributed by atoms with Crippen LogP contribution in [0.15, 0.2) is 0 Å². The minimum Gasteiger partial charge on any atom is -0.726 e. The van der Waals surface area contributed by atoms with E-state index in [4.69, 9.17) is 22.3 Å². The van der Waals surface area contributed by atoms with Crippen LogP contribution in [-0.4, -0.2) is 50.3 Å². The fourth-order valence-corrected chi connectivity index (χ4v) is 5.56. The molecule has 0 bridgehead atoms. The molecule has 0 aromatic carbocycles. The zero-order valence-corrected chi connectivity index (χ0v) is 38.5. The standard InChI is InChI=1S/C24H50O.C12H26O4S.2Na.H2O4S/c1-3-5-7-9-11-13-15-17-19-21-23-25-24-22-20-18-16-14-12-10-8-6-4-2;1-2-3-4-5-6-7-8-9-10-11-12-16-17(13,14)15;;;1-5(2,3)4/h3-24H2,1-2H3;2-12H2,1H3,(H,13,14,15);;;(H2,1,2,3,4)/q;;2*+1;/p-2. The molecule has 0 aromatic rings. The molecular weight excluding hydrogens is 687 g/mol. The third-order valence-corrected chi connectivity index (χ3v) is 8.47. The van der Waals surface area contributed by atoms with Crippen LogP contribution in [0.25, 0.3) is 0 Å². The molecule has 288 valence electrons. The number of hydrogen-bond donors (Lipinski definition) is 1. The van der Waals surface area contributed by atoms with Gasteiger partial charge in [-0.25, -0.2) is 16.8 Å². The Bertz CT molecular complexity index is 757. The van der Waals surface area contributed by atoms with Gasteiger partial charge in [0.2, 0.25) is 20.8 Å². The van der Waals surface area contributed by atoms with Gasteiger partial charge < -0.3 is 13.8 Å². The molecule has 0 amide bonds.